The quantitative estimate of drug-likeness (QED) is 0.737. The Hall–Kier alpha value is -1.26. The van der Waals surface area contributed by atoms with Gasteiger partial charge in [0.05, 0.1) is 0 Å². The zero-order valence-electron chi connectivity index (χ0n) is 15.8. The van der Waals surface area contributed by atoms with Crippen LogP contribution in [0, 0.1) is 5.92 Å². The molecule has 3 saturated heterocycles. The standard InChI is InChI=1S/C17H27NO8/c1-7(2)8(14(20)21)18-13(19)11-9-10(24-16(3,4)23-9)12-15(22-11)26-17(5,6)25-12/h7-12,15H,1-6H3,(H,18,19)(H,20,21)/t8-,9-,10-,11-,12+,15-/m0/s1. The average Bonchev–Trinajstić information content (AvgIpc) is 2.96. The summed E-state index contributed by atoms with van der Waals surface area (Å²) < 4.78 is 29.2. The van der Waals surface area contributed by atoms with Crippen molar-refractivity contribution in [2.24, 2.45) is 5.92 Å². The van der Waals surface area contributed by atoms with Gasteiger partial charge in [0.1, 0.15) is 24.4 Å². The van der Waals surface area contributed by atoms with Gasteiger partial charge < -0.3 is 34.1 Å². The molecule has 3 aliphatic rings. The fourth-order valence-corrected chi connectivity index (χ4v) is 3.57. The Kier molecular flexibility index (Phi) is 4.81. The van der Waals surface area contributed by atoms with Crippen LogP contribution in [0.1, 0.15) is 41.5 Å². The zero-order valence-corrected chi connectivity index (χ0v) is 15.8. The van der Waals surface area contributed by atoms with Gasteiger partial charge in [-0.3, -0.25) is 4.79 Å². The number of nitrogens with one attached hydrogen (secondary N) is 1. The van der Waals surface area contributed by atoms with E-state index in [1.165, 1.54) is 0 Å². The van der Waals surface area contributed by atoms with Crippen molar-refractivity contribution in [1.29, 1.82) is 0 Å². The van der Waals surface area contributed by atoms with Gasteiger partial charge in [-0.15, -0.1) is 0 Å². The fraction of sp³-hybridized carbons (Fsp3) is 0.882. The van der Waals surface area contributed by atoms with E-state index in [0.717, 1.165) is 0 Å². The first-order chi connectivity index (χ1) is 11.9. The number of ether oxygens (including phenoxy) is 5. The first-order valence-corrected chi connectivity index (χ1v) is 8.80. The van der Waals surface area contributed by atoms with Crippen LogP contribution in [0.2, 0.25) is 0 Å². The molecular formula is C17H27NO8. The lowest BCUT2D eigenvalue weighted by Crippen LogP contribution is -2.61. The van der Waals surface area contributed by atoms with Gasteiger partial charge in [-0.05, 0) is 33.6 Å². The van der Waals surface area contributed by atoms with E-state index in [1.807, 2.05) is 0 Å². The molecule has 0 aliphatic carbocycles. The van der Waals surface area contributed by atoms with E-state index in [0.29, 0.717) is 0 Å². The second-order valence-electron chi connectivity index (χ2n) is 8.16. The van der Waals surface area contributed by atoms with E-state index in [1.54, 1.807) is 41.5 Å². The summed E-state index contributed by atoms with van der Waals surface area (Å²) in [5.74, 6) is -3.78. The molecule has 3 rings (SSSR count). The van der Waals surface area contributed by atoms with Crippen LogP contribution in [-0.4, -0.2) is 65.3 Å². The predicted octanol–water partition coefficient (Wildman–Crippen LogP) is 0.608. The lowest BCUT2D eigenvalue weighted by Gasteiger charge is -2.37. The Morgan fingerprint density at radius 2 is 1.46 bits per heavy atom. The number of carbonyl (C=O) groups is 2. The SMILES string of the molecule is CC(C)[C@H](NC(=O)[C@H]1O[C@H]2OC(C)(C)O[C@@H]2[C@H]2OC(C)(C)O[C@@H]21)C(=O)O. The van der Waals surface area contributed by atoms with Crippen molar-refractivity contribution >= 4 is 11.9 Å². The van der Waals surface area contributed by atoms with Crippen molar-refractivity contribution in [1.82, 2.24) is 5.32 Å². The molecule has 0 bridgehead atoms. The molecule has 3 aliphatic heterocycles. The van der Waals surface area contributed by atoms with Crippen LogP contribution in [0.25, 0.3) is 0 Å². The largest absolute Gasteiger partial charge is 0.480 e. The molecule has 2 N–H and O–H groups in total. The average molecular weight is 373 g/mol. The Morgan fingerprint density at radius 1 is 0.923 bits per heavy atom. The predicted molar refractivity (Wildman–Crippen MR) is 86.9 cm³/mol. The van der Waals surface area contributed by atoms with Gasteiger partial charge in [-0.25, -0.2) is 4.79 Å². The summed E-state index contributed by atoms with van der Waals surface area (Å²) in [6, 6.07) is -1.03. The molecule has 0 aromatic heterocycles. The van der Waals surface area contributed by atoms with Crippen molar-refractivity contribution in [3.8, 4) is 0 Å². The molecule has 0 unspecified atom stereocenters. The summed E-state index contributed by atoms with van der Waals surface area (Å²) in [7, 11) is 0. The van der Waals surface area contributed by atoms with Crippen LogP contribution in [0.15, 0.2) is 0 Å². The third-order valence-corrected chi connectivity index (χ3v) is 4.64. The van der Waals surface area contributed by atoms with E-state index in [9.17, 15) is 14.7 Å². The number of amides is 1. The van der Waals surface area contributed by atoms with E-state index < -0.39 is 60.2 Å². The number of fused-ring (bicyclic) bond motifs is 3. The molecule has 9 nitrogen and oxygen atoms in total. The molecule has 0 spiro atoms. The molecule has 26 heavy (non-hydrogen) atoms. The van der Waals surface area contributed by atoms with Crippen LogP contribution in [0.3, 0.4) is 0 Å². The van der Waals surface area contributed by atoms with Crippen molar-refractivity contribution < 1.29 is 38.4 Å². The van der Waals surface area contributed by atoms with Gasteiger partial charge in [0.15, 0.2) is 24.0 Å². The van der Waals surface area contributed by atoms with Gasteiger partial charge in [-0.2, -0.15) is 0 Å². The molecule has 6 atom stereocenters. The topological polar surface area (TPSA) is 113 Å². The fourth-order valence-electron chi connectivity index (χ4n) is 3.57. The van der Waals surface area contributed by atoms with Crippen molar-refractivity contribution in [2.45, 2.75) is 89.9 Å². The number of hydrogen-bond donors (Lipinski definition) is 2. The number of carbonyl (C=O) groups excluding carboxylic acids is 1. The van der Waals surface area contributed by atoms with Crippen molar-refractivity contribution in [3.63, 3.8) is 0 Å². The highest BCUT2D eigenvalue weighted by molar-refractivity contribution is 5.87. The molecule has 0 aromatic carbocycles. The van der Waals surface area contributed by atoms with Gasteiger partial charge in [0.2, 0.25) is 0 Å². The Labute approximate surface area is 152 Å². The monoisotopic (exact) mass is 373 g/mol. The number of rotatable bonds is 4. The highest BCUT2D eigenvalue weighted by Crippen LogP contribution is 2.44. The number of hydrogen-bond acceptors (Lipinski definition) is 7. The van der Waals surface area contributed by atoms with E-state index in [-0.39, 0.29) is 5.92 Å². The highest BCUT2D eigenvalue weighted by atomic mass is 16.9. The van der Waals surface area contributed by atoms with Crippen LogP contribution in [0.4, 0.5) is 0 Å². The number of carboxylic acids is 1. The maximum Gasteiger partial charge on any atom is 0.326 e. The van der Waals surface area contributed by atoms with Gasteiger partial charge in [-0.1, -0.05) is 13.8 Å². The van der Waals surface area contributed by atoms with Crippen molar-refractivity contribution in [2.75, 3.05) is 0 Å². The molecule has 0 saturated carbocycles. The molecule has 0 aromatic rings. The first-order valence-electron chi connectivity index (χ1n) is 8.80. The normalized spacial score (nSPS) is 38.5. The minimum atomic E-state index is -1.11. The summed E-state index contributed by atoms with van der Waals surface area (Å²) in [5, 5.41) is 11.9. The molecule has 1 amide bonds. The minimum Gasteiger partial charge on any atom is -0.480 e. The van der Waals surface area contributed by atoms with Crippen LogP contribution >= 0.6 is 0 Å². The third kappa shape index (κ3) is 3.59. The summed E-state index contributed by atoms with van der Waals surface area (Å²) >= 11 is 0. The van der Waals surface area contributed by atoms with Crippen molar-refractivity contribution in [3.05, 3.63) is 0 Å². The zero-order chi connectivity index (χ0) is 19.4. The lowest BCUT2D eigenvalue weighted by atomic mass is 9.97. The van der Waals surface area contributed by atoms with Gasteiger partial charge in [0, 0.05) is 0 Å². The smallest absolute Gasteiger partial charge is 0.326 e. The maximum absolute atomic E-state index is 12.8. The Morgan fingerprint density at radius 3 is 2.04 bits per heavy atom. The second-order valence-corrected chi connectivity index (χ2v) is 8.16. The summed E-state index contributed by atoms with van der Waals surface area (Å²) in [5.41, 5.74) is 0. The van der Waals surface area contributed by atoms with Crippen LogP contribution in [0.5, 0.6) is 0 Å². The second kappa shape index (κ2) is 6.42. The number of aliphatic carboxylic acids is 1. The first kappa shape index (κ1) is 19.5. The van der Waals surface area contributed by atoms with E-state index in [4.69, 9.17) is 23.7 Å². The van der Waals surface area contributed by atoms with E-state index in [2.05, 4.69) is 5.32 Å². The molecule has 9 heteroatoms. The van der Waals surface area contributed by atoms with Crippen LogP contribution < -0.4 is 5.32 Å². The Balaban J connectivity index is 1.82. The summed E-state index contributed by atoms with van der Waals surface area (Å²) in [6.45, 7) is 10.4. The van der Waals surface area contributed by atoms with Crippen LogP contribution in [-0.2, 0) is 33.3 Å². The Bertz CT molecular complexity index is 589. The van der Waals surface area contributed by atoms with Gasteiger partial charge in [0.25, 0.3) is 5.91 Å². The lowest BCUT2D eigenvalue weighted by molar-refractivity contribution is -0.231. The highest BCUT2D eigenvalue weighted by Gasteiger charge is 2.62. The molecule has 3 fully saturated rings. The van der Waals surface area contributed by atoms with E-state index >= 15 is 0 Å². The summed E-state index contributed by atoms with van der Waals surface area (Å²) in [4.78, 5) is 24.2. The molecule has 148 valence electrons. The minimum absolute atomic E-state index is 0.286. The number of carboxylic acid groups (broad SMARTS) is 1. The van der Waals surface area contributed by atoms with Gasteiger partial charge >= 0.3 is 5.97 Å². The molecule has 3 heterocycles. The maximum atomic E-state index is 12.8. The molecule has 0 radical (unpaired) electrons. The third-order valence-electron chi connectivity index (χ3n) is 4.64. The molecular weight excluding hydrogens is 346 g/mol. The summed E-state index contributed by atoms with van der Waals surface area (Å²) in [6.07, 6.45) is -3.71.